The largest absolute Gasteiger partial charge is 0.0622 e. The molecule has 0 amide bonds. The molecule has 0 saturated heterocycles. The Hall–Kier alpha value is -7.80. The fraction of sp³-hybridized carbons (Fsp3) is 0. The fourth-order valence-corrected chi connectivity index (χ4v) is 9.67. The third-order valence-corrected chi connectivity index (χ3v) is 12.6. The van der Waals surface area contributed by atoms with Crippen molar-refractivity contribution >= 4 is 64.6 Å². The zero-order chi connectivity index (χ0) is 39.6. The van der Waals surface area contributed by atoms with E-state index in [-0.39, 0.29) is 0 Å². The van der Waals surface area contributed by atoms with Crippen LogP contribution in [0.4, 0.5) is 0 Å². The molecule has 12 aromatic rings. The Morgan fingerprint density at radius 3 is 0.783 bits per heavy atom. The molecule has 0 nitrogen and oxygen atoms in total. The minimum Gasteiger partial charge on any atom is -0.0622 e. The first-order chi connectivity index (χ1) is 29.7. The summed E-state index contributed by atoms with van der Waals surface area (Å²) in [5, 5.41) is 15.5. The van der Waals surface area contributed by atoms with E-state index >= 15 is 0 Å². The molecular weight excluding hydrogens is 721 g/mol. The molecule has 60 heavy (non-hydrogen) atoms. The molecule has 278 valence electrons. The van der Waals surface area contributed by atoms with Crippen molar-refractivity contribution in [3.63, 3.8) is 0 Å². The van der Waals surface area contributed by atoms with Crippen LogP contribution in [0.2, 0.25) is 0 Å². The molecule has 0 saturated carbocycles. The molecule has 0 heterocycles. The molecule has 0 spiro atoms. The van der Waals surface area contributed by atoms with Gasteiger partial charge in [-0.25, -0.2) is 0 Å². The van der Waals surface area contributed by atoms with Gasteiger partial charge in [-0.05, 0) is 157 Å². The lowest BCUT2D eigenvalue weighted by Crippen LogP contribution is -1.88. The Bertz CT molecular complexity index is 3560. The molecule has 0 aliphatic rings. The maximum Gasteiger partial charge on any atom is -0.00928 e. The van der Waals surface area contributed by atoms with E-state index in [0.717, 1.165) is 0 Å². The minimum absolute atomic E-state index is 1.19. The summed E-state index contributed by atoms with van der Waals surface area (Å²) >= 11 is 0. The second kappa shape index (κ2) is 13.9. The Balaban J connectivity index is 0.936. The van der Waals surface area contributed by atoms with E-state index in [4.69, 9.17) is 0 Å². The maximum absolute atomic E-state index is 2.40. The first-order valence-electron chi connectivity index (χ1n) is 20.8. The molecule has 0 aromatic heterocycles. The molecule has 0 radical (unpaired) electrons. The second-order valence-corrected chi connectivity index (χ2v) is 16.0. The van der Waals surface area contributed by atoms with Crippen molar-refractivity contribution in [1.82, 2.24) is 0 Å². The van der Waals surface area contributed by atoms with Gasteiger partial charge in [0.1, 0.15) is 0 Å². The monoisotopic (exact) mass is 758 g/mol. The zero-order valence-electron chi connectivity index (χ0n) is 32.9. The molecule has 0 atom stereocenters. The lowest BCUT2D eigenvalue weighted by molar-refractivity contribution is 1.56. The first-order valence-corrected chi connectivity index (χ1v) is 20.8. The van der Waals surface area contributed by atoms with E-state index < -0.39 is 0 Å². The Morgan fingerprint density at radius 1 is 0.117 bits per heavy atom. The van der Waals surface area contributed by atoms with Gasteiger partial charge in [0.25, 0.3) is 0 Å². The van der Waals surface area contributed by atoms with Gasteiger partial charge in [-0.2, -0.15) is 0 Å². The molecule has 0 aliphatic heterocycles. The molecule has 0 heteroatoms. The van der Waals surface area contributed by atoms with Crippen molar-refractivity contribution in [2.24, 2.45) is 0 Å². The smallest absolute Gasteiger partial charge is 0.00928 e. The number of fused-ring (bicyclic) bond motifs is 12. The van der Waals surface area contributed by atoms with Gasteiger partial charge in [-0.15, -0.1) is 0 Å². The highest BCUT2D eigenvalue weighted by Crippen LogP contribution is 2.41. The van der Waals surface area contributed by atoms with Crippen molar-refractivity contribution in [2.75, 3.05) is 0 Å². The maximum atomic E-state index is 2.40. The Kier molecular flexibility index (Phi) is 7.96. The van der Waals surface area contributed by atoms with Crippen LogP contribution in [0.1, 0.15) is 0 Å². The van der Waals surface area contributed by atoms with Crippen LogP contribution in [0, 0.1) is 0 Å². The summed E-state index contributed by atoms with van der Waals surface area (Å²) in [6.07, 6.45) is 0. The van der Waals surface area contributed by atoms with Crippen LogP contribution < -0.4 is 0 Å². The average molecular weight is 759 g/mol. The van der Waals surface area contributed by atoms with Gasteiger partial charge in [0, 0.05) is 0 Å². The third-order valence-electron chi connectivity index (χ3n) is 12.6. The second-order valence-electron chi connectivity index (χ2n) is 16.0. The number of hydrogen-bond acceptors (Lipinski definition) is 0. The summed E-state index contributed by atoms with van der Waals surface area (Å²) in [5.74, 6) is 0. The van der Waals surface area contributed by atoms with E-state index in [1.807, 2.05) is 0 Å². The molecule has 12 aromatic carbocycles. The number of hydrogen-bond donors (Lipinski definition) is 0. The summed E-state index contributed by atoms with van der Waals surface area (Å²) in [4.78, 5) is 0. The van der Waals surface area contributed by atoms with Crippen LogP contribution in [0.5, 0.6) is 0 Å². The van der Waals surface area contributed by atoms with Gasteiger partial charge in [-0.1, -0.05) is 194 Å². The van der Waals surface area contributed by atoms with E-state index in [1.165, 1.54) is 120 Å². The highest BCUT2D eigenvalue weighted by atomic mass is 14.2. The molecule has 0 bridgehead atoms. The summed E-state index contributed by atoms with van der Waals surface area (Å²) in [5.41, 5.74) is 12.1. The molecule has 12 rings (SSSR count). The van der Waals surface area contributed by atoms with E-state index in [1.54, 1.807) is 0 Å². The Morgan fingerprint density at radius 2 is 0.350 bits per heavy atom. The van der Waals surface area contributed by atoms with E-state index in [2.05, 4.69) is 231 Å². The van der Waals surface area contributed by atoms with Crippen molar-refractivity contribution in [1.29, 1.82) is 0 Å². The lowest BCUT2D eigenvalue weighted by atomic mass is 9.89. The summed E-state index contributed by atoms with van der Waals surface area (Å²) in [6.45, 7) is 0. The SMILES string of the molecule is c1ccc(-c2cc(-c3ccc(-c4cccc(-c5ccc6c7ccccc7c7ccccc7c6c5)c4)cc3)cc(-c3ccc4c5ccccc5c5ccccc5c4c3)c2)cc1. The predicted molar refractivity (Wildman–Crippen MR) is 259 cm³/mol. The van der Waals surface area contributed by atoms with Crippen molar-refractivity contribution in [3.8, 4) is 55.6 Å². The van der Waals surface area contributed by atoms with Gasteiger partial charge in [0.05, 0.1) is 0 Å². The summed E-state index contributed by atoms with van der Waals surface area (Å²) < 4.78 is 0. The first kappa shape index (κ1) is 34.3. The summed E-state index contributed by atoms with van der Waals surface area (Å²) in [7, 11) is 0. The van der Waals surface area contributed by atoms with Gasteiger partial charge >= 0.3 is 0 Å². The van der Waals surface area contributed by atoms with Crippen LogP contribution in [-0.4, -0.2) is 0 Å². The van der Waals surface area contributed by atoms with Gasteiger partial charge < -0.3 is 0 Å². The molecular formula is C60H38. The highest BCUT2D eigenvalue weighted by Gasteiger charge is 2.14. The van der Waals surface area contributed by atoms with Gasteiger partial charge in [-0.3, -0.25) is 0 Å². The Labute approximate surface area is 349 Å². The van der Waals surface area contributed by atoms with Crippen molar-refractivity contribution in [2.45, 2.75) is 0 Å². The standard InChI is InChI=1S/C60H38/c1-2-13-39(14-3-1)46-34-47(36-48(35-46)45-30-32-58-54-22-7-5-18-50(54)52-20-9-11-24-56(52)60(58)38-45)41-27-25-40(26-28-41)42-15-12-16-43(33-42)44-29-31-57-53-21-6-4-17-49(53)51-19-8-10-23-55(51)59(57)37-44/h1-38H. The minimum atomic E-state index is 1.19. The fourth-order valence-electron chi connectivity index (χ4n) is 9.67. The van der Waals surface area contributed by atoms with Crippen molar-refractivity contribution < 1.29 is 0 Å². The van der Waals surface area contributed by atoms with Crippen LogP contribution in [0.3, 0.4) is 0 Å². The predicted octanol–water partition coefficient (Wildman–Crippen LogP) is 16.9. The summed E-state index contributed by atoms with van der Waals surface area (Å²) in [6, 6.07) is 85.1. The van der Waals surface area contributed by atoms with Gasteiger partial charge in [0.2, 0.25) is 0 Å². The number of rotatable bonds is 5. The zero-order valence-corrected chi connectivity index (χ0v) is 32.9. The molecule has 0 unspecified atom stereocenters. The molecule has 0 aliphatic carbocycles. The van der Waals surface area contributed by atoms with Gasteiger partial charge in [0.15, 0.2) is 0 Å². The van der Waals surface area contributed by atoms with Crippen LogP contribution in [-0.2, 0) is 0 Å². The van der Waals surface area contributed by atoms with Crippen molar-refractivity contribution in [3.05, 3.63) is 231 Å². The topological polar surface area (TPSA) is 0 Å². The van der Waals surface area contributed by atoms with Crippen LogP contribution >= 0.6 is 0 Å². The third kappa shape index (κ3) is 5.69. The molecule has 0 N–H and O–H groups in total. The lowest BCUT2D eigenvalue weighted by Gasteiger charge is -2.14. The normalized spacial score (nSPS) is 11.7. The van der Waals surface area contributed by atoms with Crippen LogP contribution in [0.25, 0.3) is 120 Å². The average Bonchev–Trinajstić information content (AvgIpc) is 3.34. The van der Waals surface area contributed by atoms with Crippen LogP contribution in [0.15, 0.2) is 231 Å². The number of benzene rings is 12. The quantitative estimate of drug-likeness (QED) is 0.153. The van der Waals surface area contributed by atoms with E-state index in [9.17, 15) is 0 Å². The highest BCUT2D eigenvalue weighted by molar-refractivity contribution is 6.27. The molecule has 0 fully saturated rings. The van der Waals surface area contributed by atoms with E-state index in [0.29, 0.717) is 0 Å².